The predicted octanol–water partition coefficient (Wildman–Crippen LogP) is 4.24. The third-order valence-electron chi connectivity index (χ3n) is 5.46. The molecule has 3 atom stereocenters. The topological polar surface area (TPSA) is 100 Å². The first kappa shape index (κ1) is 24.2. The Morgan fingerprint density at radius 2 is 1.76 bits per heavy atom. The van der Waals surface area contributed by atoms with E-state index >= 15 is 0 Å². The van der Waals surface area contributed by atoms with Crippen LogP contribution in [-0.2, 0) is 14.8 Å². The molecule has 1 aromatic heterocycles. The first-order chi connectivity index (χ1) is 16.2. The Balaban J connectivity index is 1.54. The van der Waals surface area contributed by atoms with Gasteiger partial charge in [-0.2, -0.15) is 9.57 Å². The molecule has 7 nitrogen and oxygen atoms in total. The van der Waals surface area contributed by atoms with Crippen LogP contribution < -0.4 is 0 Å². The first-order valence-corrected chi connectivity index (χ1v) is 12.9. The van der Waals surface area contributed by atoms with E-state index in [1.54, 1.807) is 17.5 Å². The lowest BCUT2D eigenvalue weighted by Crippen LogP contribution is -2.48. The van der Waals surface area contributed by atoms with Crippen LogP contribution in [0, 0.1) is 17.1 Å². The number of rotatable bonds is 6. The molecular weight excluding hydrogens is 477 g/mol. The Bertz CT molecular complexity index is 1320. The van der Waals surface area contributed by atoms with Crippen molar-refractivity contribution in [1.29, 1.82) is 5.26 Å². The van der Waals surface area contributed by atoms with Gasteiger partial charge in [0.15, 0.2) is 11.7 Å². The summed E-state index contributed by atoms with van der Waals surface area (Å²) in [6.07, 6.45) is -0.428. The van der Waals surface area contributed by atoms with Crippen molar-refractivity contribution in [3.05, 3.63) is 70.3 Å². The van der Waals surface area contributed by atoms with Gasteiger partial charge in [0, 0.05) is 29.6 Å². The Labute approximate surface area is 201 Å². The highest BCUT2D eigenvalue weighted by atomic mass is 32.2. The fraction of sp³-hybridized carbons (Fsp3) is 0.292. The molecule has 1 saturated heterocycles. The second-order valence-electron chi connectivity index (χ2n) is 8.11. The molecular formula is C24H22FN3O4S2. The number of hydrogen-bond acceptors (Lipinski definition) is 7. The number of sulfonamides is 1. The summed E-state index contributed by atoms with van der Waals surface area (Å²) in [6.45, 7) is 4.15. The Kier molecular flexibility index (Phi) is 6.91. The number of Topliss-reactive ketones (excluding diaryl/α,β-unsaturated/α-hetero) is 1. The fourth-order valence-corrected chi connectivity index (χ4v) is 6.29. The quantitative estimate of drug-likeness (QED) is 0.471. The number of nitrogens with zero attached hydrogens (tertiary/aromatic N) is 3. The SMILES string of the molecule is C[C@@H]1CN(S(=O)(=O)c2ccc(C(=O)[C@H](C#N)c3nc(-c4ccc(F)cc4)cs3)cc2)C[C@H](C)O1. The summed E-state index contributed by atoms with van der Waals surface area (Å²) >= 11 is 1.17. The smallest absolute Gasteiger partial charge is 0.243 e. The van der Waals surface area contributed by atoms with Crippen LogP contribution >= 0.6 is 11.3 Å². The largest absolute Gasteiger partial charge is 0.373 e. The zero-order chi connectivity index (χ0) is 24.5. The Morgan fingerprint density at radius 3 is 2.35 bits per heavy atom. The standard InChI is InChI=1S/C24H22FN3O4S2/c1-15-12-28(13-16(2)32-15)34(30,31)20-9-5-18(6-10-20)23(29)21(11-26)24-27-22(14-33-24)17-3-7-19(25)8-4-17/h3-10,14-16,21H,12-13H2,1-2H3/t15-,16+,21-/m0/s1. The number of ether oxygens (including phenoxy) is 1. The van der Waals surface area contributed by atoms with Crippen molar-refractivity contribution in [3.8, 4) is 17.3 Å². The zero-order valence-corrected chi connectivity index (χ0v) is 20.1. The monoisotopic (exact) mass is 499 g/mol. The lowest BCUT2D eigenvalue weighted by Gasteiger charge is -2.34. The van der Waals surface area contributed by atoms with Gasteiger partial charge in [0.05, 0.1) is 28.9 Å². The normalized spacial score (nSPS) is 19.9. The van der Waals surface area contributed by atoms with Crippen molar-refractivity contribution in [3.63, 3.8) is 0 Å². The highest BCUT2D eigenvalue weighted by Crippen LogP contribution is 2.29. The number of carbonyl (C=O) groups is 1. The molecule has 3 aromatic rings. The van der Waals surface area contributed by atoms with Crippen LogP contribution in [-0.4, -0.2) is 48.8 Å². The van der Waals surface area contributed by atoms with Crippen molar-refractivity contribution < 1.29 is 22.3 Å². The molecule has 0 bridgehead atoms. The summed E-state index contributed by atoms with van der Waals surface area (Å²) in [5.41, 5.74) is 1.44. The van der Waals surface area contributed by atoms with E-state index in [1.807, 2.05) is 19.9 Å². The van der Waals surface area contributed by atoms with Gasteiger partial charge < -0.3 is 4.74 Å². The van der Waals surface area contributed by atoms with Crippen LogP contribution in [0.4, 0.5) is 4.39 Å². The zero-order valence-electron chi connectivity index (χ0n) is 18.5. The van der Waals surface area contributed by atoms with E-state index in [1.165, 1.54) is 52.0 Å². The molecule has 1 aliphatic rings. The number of halogens is 1. The first-order valence-electron chi connectivity index (χ1n) is 10.6. The molecule has 0 radical (unpaired) electrons. The number of benzene rings is 2. The molecule has 10 heteroatoms. The number of nitriles is 1. The molecule has 0 saturated carbocycles. The number of morpholine rings is 1. The highest BCUT2D eigenvalue weighted by molar-refractivity contribution is 7.89. The van der Waals surface area contributed by atoms with E-state index in [0.717, 1.165) is 0 Å². The lowest BCUT2D eigenvalue weighted by atomic mass is 9.99. The molecule has 0 spiro atoms. The number of hydrogen-bond donors (Lipinski definition) is 0. The number of thiazole rings is 1. The van der Waals surface area contributed by atoms with Crippen LogP contribution in [0.1, 0.15) is 35.1 Å². The van der Waals surface area contributed by atoms with E-state index in [0.29, 0.717) is 16.3 Å². The van der Waals surface area contributed by atoms with E-state index in [-0.39, 0.29) is 41.6 Å². The van der Waals surface area contributed by atoms with Gasteiger partial charge in [0.2, 0.25) is 10.0 Å². The Hall–Kier alpha value is -2.97. The van der Waals surface area contributed by atoms with E-state index in [9.17, 15) is 22.9 Å². The fourth-order valence-electron chi connectivity index (χ4n) is 3.83. The van der Waals surface area contributed by atoms with Crippen LogP contribution in [0.5, 0.6) is 0 Å². The second kappa shape index (κ2) is 9.72. The molecule has 1 fully saturated rings. The molecule has 0 amide bonds. The maximum atomic E-state index is 13.2. The molecule has 34 heavy (non-hydrogen) atoms. The van der Waals surface area contributed by atoms with Gasteiger partial charge in [0.1, 0.15) is 10.8 Å². The van der Waals surface area contributed by atoms with E-state index in [4.69, 9.17) is 4.74 Å². The maximum absolute atomic E-state index is 13.2. The van der Waals surface area contributed by atoms with Crippen LogP contribution in [0.2, 0.25) is 0 Å². The second-order valence-corrected chi connectivity index (χ2v) is 10.9. The van der Waals surface area contributed by atoms with E-state index in [2.05, 4.69) is 4.98 Å². The summed E-state index contributed by atoms with van der Waals surface area (Å²) in [7, 11) is -3.74. The molecule has 0 unspecified atom stereocenters. The van der Waals surface area contributed by atoms with Crippen LogP contribution in [0.3, 0.4) is 0 Å². The highest BCUT2D eigenvalue weighted by Gasteiger charge is 2.32. The molecule has 4 rings (SSSR count). The van der Waals surface area contributed by atoms with Gasteiger partial charge in [0.25, 0.3) is 0 Å². The Morgan fingerprint density at radius 1 is 1.15 bits per heavy atom. The molecule has 2 aromatic carbocycles. The van der Waals surface area contributed by atoms with Crippen molar-refractivity contribution in [2.75, 3.05) is 13.1 Å². The predicted molar refractivity (Wildman–Crippen MR) is 125 cm³/mol. The minimum atomic E-state index is -3.74. The molecule has 0 N–H and O–H groups in total. The van der Waals surface area contributed by atoms with Gasteiger partial charge in [-0.15, -0.1) is 11.3 Å². The molecule has 0 aliphatic carbocycles. The number of carbonyl (C=O) groups excluding carboxylic acids is 1. The minimum Gasteiger partial charge on any atom is -0.373 e. The third-order valence-corrected chi connectivity index (χ3v) is 8.22. The van der Waals surface area contributed by atoms with Gasteiger partial charge in [-0.3, -0.25) is 4.79 Å². The molecule has 176 valence electrons. The average molecular weight is 500 g/mol. The van der Waals surface area contributed by atoms with Gasteiger partial charge >= 0.3 is 0 Å². The minimum absolute atomic E-state index is 0.0757. The van der Waals surface area contributed by atoms with Crippen molar-refractivity contribution >= 4 is 27.1 Å². The van der Waals surface area contributed by atoms with Crippen molar-refractivity contribution in [1.82, 2.24) is 9.29 Å². The third kappa shape index (κ3) is 4.93. The van der Waals surface area contributed by atoms with E-state index < -0.39 is 21.7 Å². The lowest BCUT2D eigenvalue weighted by molar-refractivity contribution is -0.0440. The average Bonchev–Trinajstić information content (AvgIpc) is 3.29. The molecule has 1 aliphatic heterocycles. The summed E-state index contributed by atoms with van der Waals surface area (Å²) in [4.78, 5) is 17.5. The van der Waals surface area contributed by atoms with Gasteiger partial charge in [-0.25, -0.2) is 17.8 Å². The summed E-state index contributed by atoms with van der Waals surface area (Å²) in [5, 5.41) is 11.7. The molecule has 2 heterocycles. The van der Waals surface area contributed by atoms with Crippen molar-refractivity contribution in [2.45, 2.75) is 36.9 Å². The summed E-state index contributed by atoms with van der Waals surface area (Å²) in [6, 6.07) is 13.4. The van der Waals surface area contributed by atoms with Gasteiger partial charge in [-0.1, -0.05) is 12.1 Å². The van der Waals surface area contributed by atoms with Crippen LogP contribution in [0.15, 0.2) is 58.8 Å². The number of ketones is 1. The van der Waals surface area contributed by atoms with Gasteiger partial charge in [-0.05, 0) is 50.2 Å². The number of aromatic nitrogens is 1. The maximum Gasteiger partial charge on any atom is 0.243 e. The van der Waals surface area contributed by atoms with Crippen molar-refractivity contribution in [2.24, 2.45) is 0 Å². The summed E-state index contributed by atoms with van der Waals surface area (Å²) < 4.78 is 46.2. The summed E-state index contributed by atoms with van der Waals surface area (Å²) in [5.74, 6) is -1.98. The van der Waals surface area contributed by atoms with Crippen LogP contribution in [0.25, 0.3) is 11.3 Å².